The van der Waals surface area contributed by atoms with Crippen LogP contribution in [0.15, 0.2) is 48.5 Å². The summed E-state index contributed by atoms with van der Waals surface area (Å²) >= 11 is 0. The summed E-state index contributed by atoms with van der Waals surface area (Å²) < 4.78 is 5.49. The Morgan fingerprint density at radius 3 is 2.26 bits per heavy atom. The number of amides is 4. The monoisotopic (exact) mass is 632 g/mol. The number of hydrogen-bond donors (Lipinski definition) is 3. The number of alkyl carbamates (subject to hydrolysis) is 1. The zero-order valence-electron chi connectivity index (χ0n) is 28.6. The van der Waals surface area contributed by atoms with Gasteiger partial charge in [-0.3, -0.25) is 14.4 Å². The second-order valence-corrected chi connectivity index (χ2v) is 15.0. The first kappa shape index (κ1) is 35.0. The van der Waals surface area contributed by atoms with Crippen molar-refractivity contribution in [2.45, 2.75) is 123 Å². The minimum absolute atomic E-state index is 0.0206. The molecule has 0 spiro atoms. The predicted octanol–water partition coefficient (Wildman–Crippen LogP) is 5.93. The molecule has 9 heteroatoms. The third-order valence-corrected chi connectivity index (χ3v) is 8.57. The van der Waals surface area contributed by atoms with Gasteiger partial charge in [0.25, 0.3) is 0 Å². The van der Waals surface area contributed by atoms with Gasteiger partial charge in [0.05, 0.1) is 0 Å². The van der Waals surface area contributed by atoms with Gasteiger partial charge in [-0.2, -0.15) is 0 Å². The average molecular weight is 633 g/mol. The number of hydrogen-bond acceptors (Lipinski definition) is 5. The third-order valence-electron chi connectivity index (χ3n) is 8.57. The van der Waals surface area contributed by atoms with Gasteiger partial charge in [0.2, 0.25) is 17.7 Å². The van der Waals surface area contributed by atoms with E-state index in [2.05, 4.69) is 28.1 Å². The van der Waals surface area contributed by atoms with Crippen LogP contribution in [0.1, 0.15) is 103 Å². The molecule has 4 rings (SSSR count). The summed E-state index contributed by atoms with van der Waals surface area (Å²) in [5.74, 6) is -0.712. The van der Waals surface area contributed by atoms with Gasteiger partial charge in [0.1, 0.15) is 24.2 Å². The maximum atomic E-state index is 14.5. The molecule has 2 aliphatic rings. The number of rotatable bonds is 8. The lowest BCUT2D eigenvalue weighted by Gasteiger charge is -2.32. The Bertz CT molecular complexity index is 1390. The molecule has 9 nitrogen and oxygen atoms in total. The first-order chi connectivity index (χ1) is 21.6. The van der Waals surface area contributed by atoms with E-state index >= 15 is 0 Å². The normalized spacial score (nSPS) is 19.8. The summed E-state index contributed by atoms with van der Waals surface area (Å²) in [6, 6.07) is 13.7. The average Bonchev–Trinajstić information content (AvgIpc) is 3.06. The van der Waals surface area contributed by atoms with Gasteiger partial charge in [-0.15, -0.1) is 0 Å². The fourth-order valence-electron chi connectivity index (χ4n) is 6.64. The molecule has 250 valence electrons. The van der Waals surface area contributed by atoms with Gasteiger partial charge >= 0.3 is 6.09 Å². The minimum Gasteiger partial charge on any atom is -0.444 e. The Hall–Kier alpha value is -3.88. The molecule has 4 amide bonds. The second-order valence-electron chi connectivity index (χ2n) is 15.0. The first-order valence-corrected chi connectivity index (χ1v) is 16.7. The summed E-state index contributed by atoms with van der Waals surface area (Å²) in [6.07, 6.45) is 5.47. The molecule has 0 radical (unpaired) electrons. The third kappa shape index (κ3) is 9.81. The van der Waals surface area contributed by atoms with E-state index in [1.54, 1.807) is 25.7 Å². The second kappa shape index (κ2) is 14.7. The maximum Gasteiger partial charge on any atom is 0.408 e. The standard InChI is InChI=1S/C37H52N4O5/c1-24-18-19-27-28(26-16-12-9-13-17-26)22-30(34(44)41(31(27)20-24)23-32(42)40-36(2,3)4)38-33(43)29(21-25-14-10-8-11-15-25)39-35(45)46-37(5,6)7/h8,10-11,14-15,18-20,26,28-30H,9,12-13,16-17,21-23H2,1-7H3,(H,38,43)(H,39,45)(H,40,42)/t28?,29-,30?/m0/s1. The van der Waals surface area contributed by atoms with Crippen molar-refractivity contribution in [1.29, 1.82) is 0 Å². The largest absolute Gasteiger partial charge is 0.444 e. The van der Waals surface area contributed by atoms with Crippen LogP contribution in [0.4, 0.5) is 10.5 Å². The zero-order chi connectivity index (χ0) is 33.6. The Balaban J connectivity index is 1.69. The molecule has 0 bridgehead atoms. The van der Waals surface area contributed by atoms with E-state index in [0.717, 1.165) is 48.1 Å². The van der Waals surface area contributed by atoms with E-state index in [9.17, 15) is 19.2 Å². The van der Waals surface area contributed by atoms with Crippen molar-refractivity contribution < 1.29 is 23.9 Å². The SMILES string of the molecule is Cc1ccc2c(c1)N(CC(=O)NC(C)(C)C)C(=O)C(NC(=O)[C@H](Cc1ccccc1)NC(=O)OC(C)(C)C)CC2C1CCCCC1. The number of fused-ring (bicyclic) bond motifs is 1. The van der Waals surface area contributed by atoms with Gasteiger partial charge in [-0.1, -0.05) is 61.7 Å². The molecule has 2 unspecified atom stereocenters. The minimum atomic E-state index is -0.983. The quantitative estimate of drug-likeness (QED) is 0.334. The van der Waals surface area contributed by atoms with Crippen LogP contribution >= 0.6 is 0 Å². The highest BCUT2D eigenvalue weighted by Crippen LogP contribution is 2.44. The summed E-state index contributed by atoms with van der Waals surface area (Å²) in [6.45, 7) is 12.8. The van der Waals surface area contributed by atoms with Gasteiger partial charge < -0.3 is 25.6 Å². The lowest BCUT2D eigenvalue weighted by Crippen LogP contribution is -2.56. The molecule has 46 heavy (non-hydrogen) atoms. The summed E-state index contributed by atoms with van der Waals surface area (Å²) in [5.41, 5.74) is 2.39. The van der Waals surface area contributed by atoms with E-state index < -0.39 is 35.2 Å². The molecule has 3 atom stereocenters. The van der Waals surface area contributed by atoms with Crippen LogP contribution in [0.5, 0.6) is 0 Å². The fourth-order valence-corrected chi connectivity index (χ4v) is 6.64. The molecule has 1 aliphatic carbocycles. The van der Waals surface area contributed by atoms with Crippen molar-refractivity contribution in [3.05, 3.63) is 65.2 Å². The van der Waals surface area contributed by atoms with Crippen LogP contribution < -0.4 is 20.9 Å². The Labute approximate surface area is 274 Å². The Kier molecular flexibility index (Phi) is 11.2. The number of anilines is 1. The number of ether oxygens (including phenoxy) is 1. The lowest BCUT2D eigenvalue weighted by atomic mass is 9.74. The molecule has 3 N–H and O–H groups in total. The number of carbonyl (C=O) groups is 4. The molecule has 1 fully saturated rings. The van der Waals surface area contributed by atoms with Crippen molar-refractivity contribution in [1.82, 2.24) is 16.0 Å². The summed E-state index contributed by atoms with van der Waals surface area (Å²) in [7, 11) is 0. The van der Waals surface area contributed by atoms with E-state index in [0.29, 0.717) is 12.3 Å². The molecule has 2 aromatic rings. The van der Waals surface area contributed by atoms with E-state index in [-0.39, 0.29) is 30.7 Å². The van der Waals surface area contributed by atoms with Crippen LogP contribution in [0.3, 0.4) is 0 Å². The van der Waals surface area contributed by atoms with E-state index in [4.69, 9.17) is 4.74 Å². The van der Waals surface area contributed by atoms with Crippen LogP contribution in [-0.2, 0) is 25.5 Å². The molecule has 1 aliphatic heterocycles. The van der Waals surface area contributed by atoms with Crippen molar-refractivity contribution in [3.63, 3.8) is 0 Å². The first-order valence-electron chi connectivity index (χ1n) is 16.7. The highest BCUT2D eigenvalue weighted by molar-refractivity contribution is 6.04. The molecular formula is C37H52N4O5. The van der Waals surface area contributed by atoms with Crippen molar-refractivity contribution in [2.75, 3.05) is 11.4 Å². The van der Waals surface area contributed by atoms with Crippen LogP contribution in [0.2, 0.25) is 0 Å². The predicted molar refractivity (Wildman–Crippen MR) is 181 cm³/mol. The van der Waals surface area contributed by atoms with Gasteiger partial charge in [0.15, 0.2) is 0 Å². The van der Waals surface area contributed by atoms with Crippen LogP contribution in [0.25, 0.3) is 0 Å². The smallest absolute Gasteiger partial charge is 0.408 e. The van der Waals surface area contributed by atoms with Gasteiger partial charge in [0, 0.05) is 17.6 Å². The van der Waals surface area contributed by atoms with Crippen LogP contribution in [0, 0.1) is 12.8 Å². The van der Waals surface area contributed by atoms with E-state index in [1.807, 2.05) is 64.1 Å². The highest BCUT2D eigenvalue weighted by Gasteiger charge is 2.41. The fraction of sp³-hybridized carbons (Fsp3) is 0.568. The number of carbonyl (C=O) groups excluding carboxylic acids is 4. The molecule has 1 saturated carbocycles. The van der Waals surface area contributed by atoms with Gasteiger partial charge in [-0.25, -0.2) is 4.79 Å². The Morgan fingerprint density at radius 2 is 1.63 bits per heavy atom. The molecule has 0 saturated heterocycles. The number of aryl methyl sites for hydroxylation is 1. The summed E-state index contributed by atoms with van der Waals surface area (Å²) in [4.78, 5) is 56.3. The Morgan fingerprint density at radius 1 is 0.957 bits per heavy atom. The lowest BCUT2D eigenvalue weighted by molar-refractivity contribution is -0.129. The van der Waals surface area contributed by atoms with Crippen molar-refractivity contribution in [2.24, 2.45) is 5.92 Å². The highest BCUT2D eigenvalue weighted by atomic mass is 16.6. The summed E-state index contributed by atoms with van der Waals surface area (Å²) in [5, 5.41) is 8.77. The maximum absolute atomic E-state index is 14.5. The number of benzene rings is 2. The van der Waals surface area contributed by atoms with Crippen molar-refractivity contribution >= 4 is 29.5 Å². The molecule has 0 aromatic heterocycles. The van der Waals surface area contributed by atoms with E-state index in [1.165, 1.54) is 6.42 Å². The topological polar surface area (TPSA) is 117 Å². The molecule has 1 heterocycles. The number of nitrogens with zero attached hydrogens (tertiary/aromatic N) is 1. The van der Waals surface area contributed by atoms with Crippen LogP contribution in [-0.4, -0.2) is 53.6 Å². The zero-order valence-corrected chi connectivity index (χ0v) is 28.6. The van der Waals surface area contributed by atoms with Crippen molar-refractivity contribution in [3.8, 4) is 0 Å². The van der Waals surface area contributed by atoms with Gasteiger partial charge in [-0.05, 0) is 102 Å². The number of nitrogens with one attached hydrogen (secondary N) is 3. The molecule has 2 aromatic carbocycles. The molecular weight excluding hydrogens is 580 g/mol.